The van der Waals surface area contributed by atoms with E-state index >= 15 is 0 Å². The molecule has 1 aliphatic carbocycles. The number of anilines is 1. The van der Waals surface area contributed by atoms with E-state index in [4.69, 9.17) is 4.74 Å². The number of nitrogens with one attached hydrogen (secondary N) is 2. The largest absolute Gasteiger partial charge is 0.505 e. The number of hydrazine groups is 2. The lowest BCUT2D eigenvalue weighted by atomic mass is 9.84. The number of rotatable bonds is 5. The van der Waals surface area contributed by atoms with Crippen molar-refractivity contribution in [3.8, 4) is 5.75 Å². The summed E-state index contributed by atoms with van der Waals surface area (Å²) in [6, 6.07) is 4.08. The van der Waals surface area contributed by atoms with Crippen LogP contribution in [0.5, 0.6) is 5.75 Å². The molecule has 27 heavy (non-hydrogen) atoms. The predicted octanol–water partition coefficient (Wildman–Crippen LogP) is 2.67. The van der Waals surface area contributed by atoms with E-state index in [2.05, 4.69) is 50.7 Å². The fraction of sp³-hybridized carbons (Fsp3) is 0.524. The molecule has 1 fully saturated rings. The van der Waals surface area contributed by atoms with Crippen LogP contribution in [0.3, 0.4) is 0 Å². The molecule has 1 aromatic carbocycles. The molecule has 0 amide bonds. The normalized spacial score (nSPS) is 25.7. The van der Waals surface area contributed by atoms with E-state index in [-0.39, 0.29) is 22.7 Å². The molecule has 4 N–H and O–H groups in total. The fourth-order valence-corrected chi connectivity index (χ4v) is 3.53. The van der Waals surface area contributed by atoms with Crippen molar-refractivity contribution >= 4 is 5.69 Å². The Morgan fingerprint density at radius 2 is 2.04 bits per heavy atom. The van der Waals surface area contributed by atoms with Gasteiger partial charge < -0.3 is 14.9 Å². The molecule has 0 aromatic heterocycles. The number of ether oxygens (including phenoxy) is 1. The van der Waals surface area contributed by atoms with Crippen LogP contribution in [-0.4, -0.2) is 35.2 Å². The van der Waals surface area contributed by atoms with Crippen LogP contribution < -0.4 is 16.0 Å². The van der Waals surface area contributed by atoms with Gasteiger partial charge in [0.05, 0.1) is 11.6 Å². The molecule has 0 bridgehead atoms. The second-order valence-electron chi connectivity index (χ2n) is 8.57. The highest BCUT2D eigenvalue weighted by Crippen LogP contribution is 2.40. The summed E-state index contributed by atoms with van der Waals surface area (Å²) in [5, 5.41) is 22.6. The van der Waals surface area contributed by atoms with Crippen molar-refractivity contribution in [3.05, 3.63) is 47.6 Å². The zero-order valence-corrected chi connectivity index (χ0v) is 16.8. The molecule has 148 valence electrons. The summed E-state index contributed by atoms with van der Waals surface area (Å²) < 4.78 is 4.96. The molecule has 6 nitrogen and oxygen atoms in total. The van der Waals surface area contributed by atoms with Crippen LogP contribution in [0.25, 0.3) is 0 Å². The molecule has 1 heterocycles. The van der Waals surface area contributed by atoms with Crippen molar-refractivity contribution in [1.82, 2.24) is 10.9 Å². The van der Waals surface area contributed by atoms with E-state index < -0.39 is 6.29 Å². The number of fused-ring (bicyclic) bond motifs is 1. The zero-order valence-electron chi connectivity index (χ0n) is 16.8. The molecule has 6 heteroatoms. The lowest BCUT2D eigenvalue weighted by Gasteiger charge is -2.28. The molecule has 0 spiro atoms. The molecule has 2 aliphatic rings. The van der Waals surface area contributed by atoms with Gasteiger partial charge in [0.1, 0.15) is 11.4 Å². The minimum Gasteiger partial charge on any atom is -0.505 e. The first-order valence-electron chi connectivity index (χ1n) is 9.41. The Morgan fingerprint density at radius 3 is 2.67 bits per heavy atom. The van der Waals surface area contributed by atoms with Crippen molar-refractivity contribution in [1.29, 1.82) is 0 Å². The molecular formula is C21H31N3O3. The Balaban J connectivity index is 1.96. The number of phenols is 1. The van der Waals surface area contributed by atoms with Crippen LogP contribution in [0, 0.1) is 0 Å². The number of hydrogen-bond donors (Lipinski definition) is 4. The number of methoxy groups -OCH3 is 1. The summed E-state index contributed by atoms with van der Waals surface area (Å²) >= 11 is 0. The van der Waals surface area contributed by atoms with E-state index in [1.807, 2.05) is 29.4 Å². The summed E-state index contributed by atoms with van der Waals surface area (Å²) in [5.41, 5.74) is 9.00. The highest BCUT2D eigenvalue weighted by atomic mass is 16.6. The summed E-state index contributed by atoms with van der Waals surface area (Å²) in [5.74, 6) is 0.258. The van der Waals surface area contributed by atoms with Crippen LogP contribution in [-0.2, 0) is 16.6 Å². The Kier molecular flexibility index (Phi) is 5.36. The smallest absolute Gasteiger partial charge is 0.154 e. The quantitative estimate of drug-likeness (QED) is 0.595. The number of aliphatic hydroxyl groups is 1. The Morgan fingerprint density at radius 1 is 1.30 bits per heavy atom. The van der Waals surface area contributed by atoms with Gasteiger partial charge in [-0.2, -0.15) is 0 Å². The maximum absolute atomic E-state index is 11.0. The van der Waals surface area contributed by atoms with Gasteiger partial charge in [0.25, 0.3) is 0 Å². The van der Waals surface area contributed by atoms with Crippen LogP contribution in [0.1, 0.15) is 45.2 Å². The number of nitrogens with zero attached hydrogens (tertiary/aromatic N) is 1. The topological polar surface area (TPSA) is 77.0 Å². The Labute approximate surface area is 161 Å². The molecule has 0 radical (unpaired) electrons. The maximum atomic E-state index is 11.0. The molecule has 3 rings (SSSR count). The van der Waals surface area contributed by atoms with Crippen LogP contribution >= 0.6 is 0 Å². The van der Waals surface area contributed by atoms with Gasteiger partial charge in [-0.05, 0) is 30.4 Å². The van der Waals surface area contributed by atoms with Crippen molar-refractivity contribution in [3.63, 3.8) is 0 Å². The van der Waals surface area contributed by atoms with Gasteiger partial charge in [-0.3, -0.25) is 0 Å². The van der Waals surface area contributed by atoms with E-state index in [1.54, 1.807) is 0 Å². The lowest BCUT2D eigenvalue weighted by Crippen LogP contribution is -2.46. The van der Waals surface area contributed by atoms with Gasteiger partial charge in [-0.1, -0.05) is 51.1 Å². The van der Waals surface area contributed by atoms with Gasteiger partial charge in [0, 0.05) is 19.1 Å². The van der Waals surface area contributed by atoms with Gasteiger partial charge in [-0.25, -0.2) is 16.0 Å². The third-order valence-electron chi connectivity index (χ3n) is 5.27. The number of phenolic OH excluding ortho intramolecular Hbond substituents is 1. The average Bonchev–Trinajstić information content (AvgIpc) is 2.96. The third-order valence-corrected chi connectivity index (χ3v) is 5.27. The number of hydrogen-bond acceptors (Lipinski definition) is 6. The van der Waals surface area contributed by atoms with E-state index in [0.717, 1.165) is 11.1 Å². The second kappa shape index (κ2) is 7.28. The van der Waals surface area contributed by atoms with Crippen molar-refractivity contribution in [2.24, 2.45) is 0 Å². The number of aromatic hydroxyl groups is 1. The predicted molar refractivity (Wildman–Crippen MR) is 107 cm³/mol. The first-order chi connectivity index (χ1) is 12.6. The summed E-state index contributed by atoms with van der Waals surface area (Å²) in [6.07, 6.45) is 8.63. The summed E-state index contributed by atoms with van der Waals surface area (Å²) in [6.45, 7) is 8.36. The average molecular weight is 373 g/mol. The third kappa shape index (κ3) is 4.04. The molecular weight excluding hydrogens is 342 g/mol. The Bertz CT molecular complexity index is 754. The molecule has 1 aromatic rings. The van der Waals surface area contributed by atoms with Crippen molar-refractivity contribution in [2.45, 2.75) is 63.8 Å². The number of allylic oxidation sites excluding steroid dienone is 2. The molecule has 3 atom stereocenters. The molecule has 1 aliphatic heterocycles. The monoisotopic (exact) mass is 373 g/mol. The Hall–Kier alpha value is -1.86. The minimum absolute atomic E-state index is 0.0963. The first kappa shape index (κ1) is 19.9. The van der Waals surface area contributed by atoms with Crippen LogP contribution in [0.2, 0.25) is 0 Å². The maximum Gasteiger partial charge on any atom is 0.154 e. The van der Waals surface area contributed by atoms with E-state index in [1.165, 1.54) is 7.11 Å². The zero-order chi connectivity index (χ0) is 19.8. The minimum atomic E-state index is -0.791. The second-order valence-corrected chi connectivity index (χ2v) is 8.57. The van der Waals surface area contributed by atoms with E-state index in [9.17, 15) is 10.2 Å². The van der Waals surface area contributed by atoms with Crippen molar-refractivity contribution < 1.29 is 14.9 Å². The molecule has 1 saturated heterocycles. The molecule has 3 unspecified atom stereocenters. The first-order valence-corrected chi connectivity index (χ1v) is 9.41. The molecule has 0 saturated carbocycles. The van der Waals surface area contributed by atoms with Gasteiger partial charge >= 0.3 is 0 Å². The SMILES string of the molecule is COC(O)CCc1cc(N2NC3C=CC=CC3(C)N2)c(O)c(C(C)(C)C)c1. The highest BCUT2D eigenvalue weighted by Gasteiger charge is 2.41. The van der Waals surface area contributed by atoms with Gasteiger partial charge in [0.2, 0.25) is 0 Å². The standard InChI is InChI=1S/C21H31N3O3/c1-20(2,3)15-12-14(9-10-18(25)27-5)13-16(19(15)26)24-22-17-8-6-7-11-21(17,4)23-24/h6-8,11-13,17-18,22-23,25-26H,9-10H2,1-5H3. The summed E-state index contributed by atoms with van der Waals surface area (Å²) in [7, 11) is 1.50. The van der Waals surface area contributed by atoms with Gasteiger partial charge in [-0.15, -0.1) is 0 Å². The van der Waals surface area contributed by atoms with E-state index in [0.29, 0.717) is 18.5 Å². The van der Waals surface area contributed by atoms with Crippen molar-refractivity contribution in [2.75, 3.05) is 12.2 Å². The van der Waals surface area contributed by atoms with Crippen LogP contribution in [0.4, 0.5) is 5.69 Å². The van der Waals surface area contributed by atoms with Crippen LogP contribution in [0.15, 0.2) is 36.4 Å². The number of aliphatic hydroxyl groups excluding tert-OH is 1. The fourth-order valence-electron chi connectivity index (χ4n) is 3.53. The number of benzene rings is 1. The van der Waals surface area contributed by atoms with Gasteiger partial charge in [0.15, 0.2) is 6.29 Å². The number of aryl methyl sites for hydroxylation is 1. The summed E-state index contributed by atoms with van der Waals surface area (Å²) in [4.78, 5) is 0. The lowest BCUT2D eigenvalue weighted by molar-refractivity contribution is -0.0777. The highest BCUT2D eigenvalue weighted by molar-refractivity contribution is 5.64.